The second kappa shape index (κ2) is 14.7. The van der Waals surface area contributed by atoms with Crippen LogP contribution in [0.25, 0.3) is 44.3 Å². The largest absolute Gasteiger partial charge is 0.378 e. The molecular formula is C41H39F2N11O6. The molecule has 8 heterocycles. The van der Waals surface area contributed by atoms with Crippen molar-refractivity contribution in [3.05, 3.63) is 78.4 Å². The summed E-state index contributed by atoms with van der Waals surface area (Å²) < 4.78 is 55.3. The average Bonchev–Trinajstić information content (AvgIpc) is 3.86. The molecule has 0 bridgehead atoms. The van der Waals surface area contributed by atoms with Crippen molar-refractivity contribution in [2.45, 2.75) is 42.4 Å². The fraction of sp³-hybridized carbons (Fsp3) is 0.366. The minimum Gasteiger partial charge on any atom is -0.378 e. The number of ether oxygens (including phenoxy) is 4. The van der Waals surface area contributed by atoms with Gasteiger partial charge in [-0.3, -0.25) is 14.7 Å². The number of urea groups is 1. The number of rotatable bonds is 11. The highest BCUT2D eigenvalue weighted by Crippen LogP contribution is 2.54. The monoisotopic (exact) mass is 819 g/mol. The Bertz CT molecular complexity index is 2730. The Hall–Kier alpha value is -6.46. The van der Waals surface area contributed by atoms with E-state index in [2.05, 4.69) is 26.3 Å². The predicted octanol–water partition coefficient (Wildman–Crippen LogP) is 4.94. The van der Waals surface area contributed by atoms with Crippen molar-refractivity contribution >= 4 is 45.4 Å². The van der Waals surface area contributed by atoms with E-state index in [4.69, 9.17) is 34.6 Å². The van der Waals surface area contributed by atoms with Gasteiger partial charge in [-0.1, -0.05) is 0 Å². The molecule has 1 saturated carbocycles. The van der Waals surface area contributed by atoms with Crippen molar-refractivity contribution in [1.82, 2.24) is 34.1 Å². The Morgan fingerprint density at radius 2 is 1.60 bits per heavy atom. The molecule has 9 rings (SSSR count). The highest BCUT2D eigenvalue weighted by molar-refractivity contribution is 6.04. The van der Waals surface area contributed by atoms with E-state index in [1.165, 1.54) is 10.8 Å². The lowest BCUT2D eigenvalue weighted by Gasteiger charge is -2.25. The summed E-state index contributed by atoms with van der Waals surface area (Å²) in [7, 11) is 5.01. The number of halogens is 2. The molecule has 17 nitrogen and oxygen atoms in total. The van der Waals surface area contributed by atoms with Gasteiger partial charge in [-0.15, -0.1) is 0 Å². The summed E-state index contributed by atoms with van der Waals surface area (Å²) in [5, 5.41) is 13.8. The lowest BCUT2D eigenvalue weighted by Crippen LogP contribution is -2.42. The summed E-state index contributed by atoms with van der Waals surface area (Å²) in [5.41, 5.74) is 8.73. The number of methoxy groups -OCH3 is 2. The maximum absolute atomic E-state index is 14.5. The van der Waals surface area contributed by atoms with E-state index in [-0.39, 0.29) is 24.7 Å². The van der Waals surface area contributed by atoms with Gasteiger partial charge in [0.05, 0.1) is 83.4 Å². The summed E-state index contributed by atoms with van der Waals surface area (Å²) in [6.45, 7) is 1.00. The van der Waals surface area contributed by atoms with Crippen LogP contribution < -0.4 is 16.0 Å². The number of carbonyl (C=O) groups is 2. The van der Waals surface area contributed by atoms with E-state index < -0.39 is 41.6 Å². The molecule has 2 aliphatic heterocycles. The quantitative estimate of drug-likeness (QED) is 0.178. The minimum atomic E-state index is -2.92. The molecule has 1 unspecified atom stereocenters. The summed E-state index contributed by atoms with van der Waals surface area (Å²) in [5.74, 6) is -3.41. The molecule has 308 valence electrons. The zero-order chi connectivity index (χ0) is 42.0. The van der Waals surface area contributed by atoms with Gasteiger partial charge in [0.25, 0.3) is 5.92 Å². The third kappa shape index (κ3) is 6.67. The fourth-order valence-corrected chi connectivity index (χ4v) is 8.10. The number of aromatic nitrogens is 7. The average molecular weight is 820 g/mol. The molecule has 6 aromatic heterocycles. The number of carbonyl (C=O) groups excluding carboxylic acids is 2. The van der Waals surface area contributed by atoms with Crippen molar-refractivity contribution in [2.75, 3.05) is 57.4 Å². The second-order valence-electron chi connectivity index (χ2n) is 15.2. The number of fused-ring (bicyclic) bond motifs is 2. The third-order valence-electron chi connectivity index (χ3n) is 11.6. The zero-order valence-electron chi connectivity index (χ0n) is 32.8. The van der Waals surface area contributed by atoms with Gasteiger partial charge in [0.15, 0.2) is 0 Å². The number of nitrogens with one attached hydrogen (secondary N) is 1. The van der Waals surface area contributed by atoms with Gasteiger partial charge in [0.2, 0.25) is 5.91 Å². The van der Waals surface area contributed by atoms with Crippen molar-refractivity contribution in [1.29, 1.82) is 5.26 Å². The number of pyridine rings is 3. The van der Waals surface area contributed by atoms with Crippen LogP contribution in [0.2, 0.25) is 0 Å². The van der Waals surface area contributed by atoms with Crippen molar-refractivity contribution in [2.24, 2.45) is 12.8 Å². The molecule has 3 atom stereocenters. The molecular weight excluding hydrogens is 781 g/mol. The Balaban J connectivity index is 1.03. The van der Waals surface area contributed by atoms with E-state index in [1.807, 2.05) is 17.8 Å². The van der Waals surface area contributed by atoms with Crippen LogP contribution in [0.3, 0.4) is 0 Å². The maximum Gasteiger partial charge on any atom is 0.320 e. The van der Waals surface area contributed by atoms with Crippen LogP contribution in [0.5, 0.6) is 0 Å². The number of amides is 3. The standard InChI is InChI=1S/C41H39F2N11O6/c1-52-18-26(29-14-46-17-33(50-29)40(58-3)5-7-60-22-40)25-11-36(48-15-30(25)52)54(38(45)56)20-37(55)51-35-10-24-27(19-53(31(24)16-47-35)34-12-41(34,42)43)28-8-23(13-44)9-32(49-28)39(57-2)4-6-59-21-39/h8-11,14-19,34H,4-7,12,20-22H2,1-3H3,(H2,45,56)(H,47,51,55)/t34-,39-,40?/m1/s1. The van der Waals surface area contributed by atoms with Crippen molar-refractivity contribution in [3.63, 3.8) is 0 Å². The van der Waals surface area contributed by atoms with E-state index in [9.17, 15) is 23.6 Å². The van der Waals surface area contributed by atoms with Gasteiger partial charge < -0.3 is 39.1 Å². The maximum atomic E-state index is 14.5. The Morgan fingerprint density at radius 1 is 0.933 bits per heavy atom. The van der Waals surface area contributed by atoms with Crippen LogP contribution in [0.1, 0.15) is 42.3 Å². The second-order valence-corrected chi connectivity index (χ2v) is 15.2. The zero-order valence-corrected chi connectivity index (χ0v) is 32.8. The number of nitriles is 1. The molecule has 0 spiro atoms. The van der Waals surface area contributed by atoms with Gasteiger partial charge in [0.1, 0.15) is 35.4 Å². The lowest BCUT2D eigenvalue weighted by molar-refractivity contribution is -0.114. The molecule has 6 aromatic rings. The number of hydrogen-bond donors (Lipinski definition) is 2. The number of alkyl halides is 2. The van der Waals surface area contributed by atoms with E-state index in [0.717, 1.165) is 10.4 Å². The highest BCUT2D eigenvalue weighted by Gasteiger charge is 2.58. The first kappa shape index (κ1) is 39.0. The summed E-state index contributed by atoms with van der Waals surface area (Å²) in [6, 6.07) is 6.52. The molecule has 2 saturated heterocycles. The van der Waals surface area contributed by atoms with Crippen LogP contribution in [0.15, 0.2) is 61.4 Å². The first-order valence-corrected chi connectivity index (χ1v) is 19.1. The number of aryl methyl sites for hydroxylation is 1. The van der Waals surface area contributed by atoms with Gasteiger partial charge in [-0.2, -0.15) is 5.26 Å². The molecule has 60 heavy (non-hydrogen) atoms. The van der Waals surface area contributed by atoms with Crippen LogP contribution in [-0.2, 0) is 42.0 Å². The molecule has 19 heteroatoms. The smallest absolute Gasteiger partial charge is 0.320 e. The van der Waals surface area contributed by atoms with Gasteiger partial charge in [-0.05, 0) is 24.3 Å². The van der Waals surface area contributed by atoms with Crippen molar-refractivity contribution in [3.8, 4) is 28.6 Å². The summed E-state index contributed by atoms with van der Waals surface area (Å²) in [6.07, 6.45) is 10.5. The van der Waals surface area contributed by atoms with E-state index in [0.29, 0.717) is 88.4 Å². The van der Waals surface area contributed by atoms with E-state index >= 15 is 0 Å². The number of hydrogen-bond acceptors (Lipinski definition) is 12. The molecule has 0 radical (unpaired) electrons. The predicted molar refractivity (Wildman–Crippen MR) is 212 cm³/mol. The molecule has 0 aromatic carbocycles. The first-order chi connectivity index (χ1) is 28.9. The Morgan fingerprint density at radius 3 is 2.25 bits per heavy atom. The van der Waals surface area contributed by atoms with Crippen LogP contribution in [0, 0.1) is 11.3 Å². The topological polar surface area (TPSA) is 210 Å². The van der Waals surface area contributed by atoms with Gasteiger partial charge in [-0.25, -0.2) is 33.5 Å². The molecule has 3 amide bonds. The SMILES string of the molecule is COC1(c2cncc(-c3cn(C)c4cnc(N(CC(=O)Nc5cc6c(-c7cc(C#N)cc([C@@]8(OC)CCOC8)n7)cn([C@@H]7CC7(F)F)c6cn5)C(N)=O)cc34)n2)CCOC1. The number of anilines is 2. The minimum absolute atomic E-state index is 0.0707. The summed E-state index contributed by atoms with van der Waals surface area (Å²) in [4.78, 5) is 50.7. The van der Waals surface area contributed by atoms with Crippen LogP contribution in [0.4, 0.5) is 25.2 Å². The van der Waals surface area contributed by atoms with Crippen molar-refractivity contribution < 1.29 is 37.3 Å². The fourth-order valence-electron chi connectivity index (χ4n) is 8.10. The normalized spacial score (nSPS) is 22.0. The Labute approximate surface area is 341 Å². The molecule has 3 fully saturated rings. The Kier molecular flexibility index (Phi) is 9.54. The van der Waals surface area contributed by atoms with Crippen LogP contribution in [-0.4, -0.2) is 99.1 Å². The molecule has 1 aliphatic carbocycles. The lowest BCUT2D eigenvalue weighted by atomic mass is 9.95. The summed E-state index contributed by atoms with van der Waals surface area (Å²) >= 11 is 0. The highest BCUT2D eigenvalue weighted by atomic mass is 19.3. The molecule has 3 aliphatic rings. The number of primary amides is 1. The van der Waals surface area contributed by atoms with Crippen LogP contribution >= 0.6 is 0 Å². The first-order valence-electron chi connectivity index (χ1n) is 19.1. The molecule has 3 N–H and O–H groups in total. The van der Waals surface area contributed by atoms with Gasteiger partial charge in [0, 0.05) is 88.0 Å². The number of nitrogens with zero attached hydrogens (tertiary/aromatic N) is 9. The van der Waals surface area contributed by atoms with E-state index in [1.54, 1.807) is 63.3 Å². The third-order valence-corrected chi connectivity index (χ3v) is 11.6. The van der Waals surface area contributed by atoms with Gasteiger partial charge >= 0.3 is 6.03 Å². The number of nitrogens with two attached hydrogens (primary N) is 1.